The zero-order valence-corrected chi connectivity index (χ0v) is 16.6. The fourth-order valence-electron chi connectivity index (χ4n) is 3.39. The van der Waals surface area contributed by atoms with Crippen LogP contribution < -0.4 is 23.7 Å². The molecule has 0 fully saturated rings. The predicted octanol–water partition coefficient (Wildman–Crippen LogP) is 3.33. The number of hydrogen-bond acceptors (Lipinski definition) is 7. The Bertz CT molecular complexity index is 862. The summed E-state index contributed by atoms with van der Waals surface area (Å²) < 4.78 is 33.5. The molecule has 0 saturated carbocycles. The molecule has 0 unspecified atom stereocenters. The summed E-state index contributed by atoms with van der Waals surface area (Å²) in [7, 11) is 6.27. The van der Waals surface area contributed by atoms with Gasteiger partial charge in [0.25, 0.3) is 0 Å². The third-order valence-electron chi connectivity index (χ3n) is 4.64. The second-order valence-corrected chi connectivity index (χ2v) is 6.29. The molecule has 0 saturated heterocycles. The highest BCUT2D eigenvalue weighted by atomic mass is 16.6. The standard InChI is InChI=1S/C21H24O7/c1-12(22)27-18-11-14-7-9-16(24-3)21(26-5)20(14)28-19(18)13-6-8-15(23-2)17(10-13)25-4/h6-10,18-19H,11H2,1-5H3/t18-,19-/m1/s1. The van der Waals surface area contributed by atoms with E-state index in [-0.39, 0.29) is 5.97 Å². The van der Waals surface area contributed by atoms with Crippen LogP contribution in [0.25, 0.3) is 0 Å². The van der Waals surface area contributed by atoms with E-state index in [4.69, 9.17) is 28.4 Å². The van der Waals surface area contributed by atoms with Gasteiger partial charge < -0.3 is 28.4 Å². The van der Waals surface area contributed by atoms with E-state index in [0.29, 0.717) is 35.2 Å². The molecule has 1 aliphatic heterocycles. The highest BCUT2D eigenvalue weighted by Crippen LogP contribution is 2.47. The number of carbonyl (C=O) groups is 1. The molecule has 7 nitrogen and oxygen atoms in total. The van der Waals surface area contributed by atoms with E-state index in [1.54, 1.807) is 34.5 Å². The Labute approximate surface area is 164 Å². The Morgan fingerprint density at radius 3 is 2.21 bits per heavy atom. The van der Waals surface area contributed by atoms with E-state index in [9.17, 15) is 4.79 Å². The van der Waals surface area contributed by atoms with Crippen LogP contribution in [-0.2, 0) is 16.0 Å². The fourth-order valence-corrected chi connectivity index (χ4v) is 3.39. The molecule has 150 valence electrons. The smallest absolute Gasteiger partial charge is 0.303 e. The van der Waals surface area contributed by atoms with Crippen LogP contribution in [-0.4, -0.2) is 40.5 Å². The summed E-state index contributed by atoms with van der Waals surface area (Å²) in [6, 6.07) is 9.17. The largest absolute Gasteiger partial charge is 0.493 e. The number of rotatable bonds is 6. The van der Waals surface area contributed by atoms with Gasteiger partial charge in [0.05, 0.1) is 28.4 Å². The molecule has 28 heavy (non-hydrogen) atoms. The van der Waals surface area contributed by atoms with Crippen molar-refractivity contribution < 1.29 is 33.2 Å². The summed E-state index contributed by atoms with van der Waals surface area (Å²) in [6.45, 7) is 1.38. The van der Waals surface area contributed by atoms with Crippen LogP contribution >= 0.6 is 0 Å². The Balaban J connectivity index is 2.07. The van der Waals surface area contributed by atoms with Gasteiger partial charge in [-0.3, -0.25) is 4.79 Å². The lowest BCUT2D eigenvalue weighted by Gasteiger charge is -2.34. The number of ether oxygens (including phenoxy) is 6. The van der Waals surface area contributed by atoms with E-state index in [1.807, 2.05) is 24.3 Å². The van der Waals surface area contributed by atoms with Crippen molar-refractivity contribution in [2.45, 2.75) is 25.6 Å². The molecule has 0 aliphatic carbocycles. The van der Waals surface area contributed by atoms with Crippen LogP contribution in [0.3, 0.4) is 0 Å². The predicted molar refractivity (Wildman–Crippen MR) is 102 cm³/mol. The van der Waals surface area contributed by atoms with Gasteiger partial charge in [0.15, 0.2) is 29.1 Å². The summed E-state index contributed by atoms with van der Waals surface area (Å²) in [5.41, 5.74) is 1.67. The number of hydrogen-bond donors (Lipinski definition) is 0. The SMILES string of the molecule is COc1ccc([C@H]2Oc3c(ccc(OC)c3OC)C[C@H]2OC(C)=O)cc1OC. The number of benzene rings is 2. The third kappa shape index (κ3) is 3.65. The molecular formula is C21H24O7. The highest BCUT2D eigenvalue weighted by Gasteiger charge is 2.36. The first-order valence-electron chi connectivity index (χ1n) is 8.82. The first-order valence-corrected chi connectivity index (χ1v) is 8.82. The summed E-state index contributed by atoms with van der Waals surface area (Å²) in [4.78, 5) is 11.7. The molecule has 2 aromatic rings. The average Bonchev–Trinajstić information content (AvgIpc) is 2.71. The highest BCUT2D eigenvalue weighted by molar-refractivity contribution is 5.66. The van der Waals surface area contributed by atoms with Crippen molar-refractivity contribution in [3.8, 4) is 28.7 Å². The molecule has 1 heterocycles. The maximum atomic E-state index is 11.7. The Morgan fingerprint density at radius 1 is 0.929 bits per heavy atom. The minimum Gasteiger partial charge on any atom is -0.493 e. The number of methoxy groups -OCH3 is 4. The van der Waals surface area contributed by atoms with Gasteiger partial charge in [0.2, 0.25) is 5.75 Å². The molecule has 0 N–H and O–H groups in total. The number of esters is 1. The second kappa shape index (κ2) is 8.29. The van der Waals surface area contributed by atoms with Gasteiger partial charge in [0, 0.05) is 24.5 Å². The molecule has 3 rings (SSSR count). The molecule has 1 aliphatic rings. The van der Waals surface area contributed by atoms with E-state index in [2.05, 4.69) is 0 Å². The van der Waals surface area contributed by atoms with Crippen LogP contribution in [0.2, 0.25) is 0 Å². The Kier molecular flexibility index (Phi) is 5.82. The monoisotopic (exact) mass is 388 g/mol. The molecule has 0 radical (unpaired) electrons. The number of fused-ring (bicyclic) bond motifs is 1. The van der Waals surface area contributed by atoms with E-state index in [1.165, 1.54) is 6.92 Å². The first kappa shape index (κ1) is 19.7. The lowest BCUT2D eigenvalue weighted by molar-refractivity contribution is -0.152. The van der Waals surface area contributed by atoms with Crippen molar-refractivity contribution in [1.82, 2.24) is 0 Å². The van der Waals surface area contributed by atoms with E-state index >= 15 is 0 Å². The van der Waals surface area contributed by atoms with Gasteiger partial charge >= 0.3 is 5.97 Å². The maximum absolute atomic E-state index is 11.7. The zero-order chi connectivity index (χ0) is 20.3. The van der Waals surface area contributed by atoms with Gasteiger partial charge in [-0.15, -0.1) is 0 Å². The second-order valence-electron chi connectivity index (χ2n) is 6.29. The minimum absolute atomic E-state index is 0.372. The molecule has 0 aromatic heterocycles. The van der Waals surface area contributed by atoms with Crippen molar-refractivity contribution in [3.63, 3.8) is 0 Å². The van der Waals surface area contributed by atoms with Gasteiger partial charge in [0.1, 0.15) is 6.10 Å². The van der Waals surface area contributed by atoms with Crippen molar-refractivity contribution in [2.75, 3.05) is 28.4 Å². The topological polar surface area (TPSA) is 72.5 Å². The zero-order valence-electron chi connectivity index (χ0n) is 16.6. The summed E-state index contributed by atoms with van der Waals surface area (Å²) in [5.74, 6) is 2.44. The van der Waals surface area contributed by atoms with Crippen LogP contribution in [0, 0.1) is 0 Å². The molecule has 7 heteroatoms. The Hall–Kier alpha value is -3.09. The van der Waals surface area contributed by atoms with Gasteiger partial charge in [-0.25, -0.2) is 0 Å². The lowest BCUT2D eigenvalue weighted by Crippen LogP contribution is -2.34. The van der Waals surface area contributed by atoms with Crippen LogP contribution in [0.5, 0.6) is 28.7 Å². The molecule has 0 amide bonds. The van der Waals surface area contributed by atoms with Crippen molar-refractivity contribution in [1.29, 1.82) is 0 Å². The minimum atomic E-state index is -0.544. The van der Waals surface area contributed by atoms with Crippen LogP contribution in [0.15, 0.2) is 30.3 Å². The summed E-state index contributed by atoms with van der Waals surface area (Å²) in [5, 5.41) is 0. The third-order valence-corrected chi connectivity index (χ3v) is 4.64. The molecule has 2 aromatic carbocycles. The van der Waals surface area contributed by atoms with Crippen LogP contribution in [0.1, 0.15) is 24.2 Å². The van der Waals surface area contributed by atoms with E-state index in [0.717, 1.165) is 11.1 Å². The maximum Gasteiger partial charge on any atom is 0.303 e. The quantitative estimate of drug-likeness (QED) is 0.703. The molecular weight excluding hydrogens is 364 g/mol. The Morgan fingerprint density at radius 2 is 1.61 bits per heavy atom. The van der Waals surface area contributed by atoms with Gasteiger partial charge in [-0.2, -0.15) is 0 Å². The van der Waals surface area contributed by atoms with Gasteiger partial charge in [-0.05, 0) is 18.2 Å². The van der Waals surface area contributed by atoms with Crippen molar-refractivity contribution in [2.24, 2.45) is 0 Å². The lowest BCUT2D eigenvalue weighted by atomic mass is 9.93. The fraction of sp³-hybridized carbons (Fsp3) is 0.381. The average molecular weight is 388 g/mol. The summed E-state index contributed by atoms with van der Waals surface area (Å²) in [6.07, 6.45) is -0.563. The number of carbonyl (C=O) groups excluding carboxylic acids is 1. The van der Waals surface area contributed by atoms with Crippen molar-refractivity contribution in [3.05, 3.63) is 41.5 Å². The van der Waals surface area contributed by atoms with E-state index < -0.39 is 12.2 Å². The first-order chi connectivity index (χ1) is 13.5. The molecule has 2 atom stereocenters. The van der Waals surface area contributed by atoms with Gasteiger partial charge in [-0.1, -0.05) is 12.1 Å². The van der Waals surface area contributed by atoms with Crippen LogP contribution in [0.4, 0.5) is 0 Å². The normalized spacial score (nSPS) is 17.8. The summed E-state index contributed by atoms with van der Waals surface area (Å²) >= 11 is 0. The molecule has 0 spiro atoms. The van der Waals surface area contributed by atoms with Crippen molar-refractivity contribution >= 4 is 5.97 Å². The molecule has 0 bridgehead atoms.